The first-order chi connectivity index (χ1) is 9.58. The van der Waals surface area contributed by atoms with Crippen molar-refractivity contribution in [2.75, 3.05) is 13.2 Å². The van der Waals surface area contributed by atoms with Crippen LogP contribution in [0.1, 0.15) is 27.7 Å². The summed E-state index contributed by atoms with van der Waals surface area (Å²) in [6.07, 6.45) is -3.48. The molecule has 0 saturated carbocycles. The molecule has 0 radical (unpaired) electrons. The van der Waals surface area contributed by atoms with Gasteiger partial charge in [-0.05, 0) is 20.8 Å². The Labute approximate surface area is 123 Å². The van der Waals surface area contributed by atoms with Crippen molar-refractivity contribution in [1.82, 2.24) is 4.90 Å². The Morgan fingerprint density at radius 3 is 2.10 bits per heavy atom. The number of hydrogen-bond donors (Lipinski definition) is 3. The van der Waals surface area contributed by atoms with Gasteiger partial charge >= 0.3 is 12.1 Å². The van der Waals surface area contributed by atoms with Crippen LogP contribution in [0.3, 0.4) is 0 Å². The number of nitrogens with zero attached hydrogens (tertiary/aromatic N) is 1. The van der Waals surface area contributed by atoms with Crippen LogP contribution in [-0.2, 0) is 14.3 Å². The van der Waals surface area contributed by atoms with Gasteiger partial charge in [-0.3, -0.25) is 9.69 Å². The lowest BCUT2D eigenvalue weighted by molar-refractivity contribution is -0.143. The Morgan fingerprint density at radius 2 is 1.67 bits per heavy atom. The summed E-state index contributed by atoms with van der Waals surface area (Å²) in [4.78, 5) is 24.1. The fourth-order valence-electron chi connectivity index (χ4n) is 2.19. The molecule has 0 aromatic rings. The van der Waals surface area contributed by atoms with Gasteiger partial charge in [-0.1, -0.05) is 0 Å². The molecule has 1 saturated heterocycles. The van der Waals surface area contributed by atoms with Crippen LogP contribution in [0.4, 0.5) is 4.79 Å². The highest BCUT2D eigenvalue weighted by molar-refractivity contribution is 5.70. The lowest BCUT2D eigenvalue weighted by atomic mass is 10.1. The molecule has 0 spiro atoms. The predicted molar refractivity (Wildman–Crippen MR) is 71.4 cm³/mol. The molecule has 8 heteroatoms. The molecule has 1 heterocycles. The molecular weight excluding hydrogens is 282 g/mol. The molecule has 0 aliphatic carbocycles. The van der Waals surface area contributed by atoms with Crippen molar-refractivity contribution in [2.24, 2.45) is 0 Å². The van der Waals surface area contributed by atoms with Crippen molar-refractivity contribution in [3.63, 3.8) is 0 Å². The van der Waals surface area contributed by atoms with E-state index in [2.05, 4.69) is 0 Å². The summed E-state index contributed by atoms with van der Waals surface area (Å²) in [6, 6.07) is -1.99. The number of amides is 1. The predicted octanol–water partition coefficient (Wildman–Crippen LogP) is -0.748. The molecule has 0 unspecified atom stereocenters. The topological polar surface area (TPSA) is 117 Å². The summed E-state index contributed by atoms with van der Waals surface area (Å²) >= 11 is 0. The maximum Gasteiger partial charge on any atom is 0.411 e. The second kappa shape index (κ2) is 6.59. The number of ether oxygens (including phenoxy) is 2. The van der Waals surface area contributed by atoms with E-state index in [1.807, 2.05) is 0 Å². The van der Waals surface area contributed by atoms with Crippen molar-refractivity contribution in [2.45, 2.75) is 57.6 Å². The number of carbonyl (C=O) groups is 2. The van der Waals surface area contributed by atoms with Crippen molar-refractivity contribution >= 4 is 12.1 Å². The molecule has 1 aliphatic heterocycles. The zero-order valence-electron chi connectivity index (χ0n) is 12.6. The fourth-order valence-corrected chi connectivity index (χ4v) is 2.19. The van der Waals surface area contributed by atoms with Crippen LogP contribution in [0.25, 0.3) is 0 Å². The third-order valence-corrected chi connectivity index (χ3v) is 3.10. The average Bonchev–Trinajstić information content (AvgIpc) is 2.57. The van der Waals surface area contributed by atoms with Gasteiger partial charge in [0.25, 0.3) is 0 Å². The van der Waals surface area contributed by atoms with E-state index in [9.17, 15) is 24.9 Å². The maximum atomic E-state index is 12.2. The molecule has 0 aromatic carbocycles. The second-order valence-electron chi connectivity index (χ2n) is 5.99. The highest BCUT2D eigenvalue weighted by Crippen LogP contribution is 2.27. The molecular formula is C13H23NO7. The summed E-state index contributed by atoms with van der Waals surface area (Å²) < 4.78 is 10.0. The molecule has 1 rings (SSSR count). The van der Waals surface area contributed by atoms with Crippen LogP contribution in [0.2, 0.25) is 0 Å². The Bertz CT molecular complexity index is 392. The standard InChI is InChI=1S/C13H23NO7/c1-7(16)20-6-9-11(18)10(17)8(5-15)14(9)12(19)21-13(2,3)4/h8-11,15,17-18H,5-6H2,1-4H3/t8-,9+,10-,11+/m1/s1. The van der Waals surface area contributed by atoms with E-state index in [-0.39, 0.29) is 6.61 Å². The molecule has 0 aromatic heterocycles. The second-order valence-corrected chi connectivity index (χ2v) is 5.99. The molecule has 21 heavy (non-hydrogen) atoms. The van der Waals surface area contributed by atoms with E-state index in [4.69, 9.17) is 9.47 Å². The van der Waals surface area contributed by atoms with E-state index in [0.717, 1.165) is 4.90 Å². The average molecular weight is 305 g/mol. The van der Waals surface area contributed by atoms with Gasteiger partial charge in [0.1, 0.15) is 24.4 Å². The van der Waals surface area contributed by atoms with Gasteiger partial charge in [0, 0.05) is 6.92 Å². The third kappa shape index (κ3) is 4.29. The first kappa shape index (κ1) is 17.7. The molecule has 122 valence electrons. The van der Waals surface area contributed by atoms with Gasteiger partial charge in [-0.2, -0.15) is 0 Å². The first-order valence-corrected chi connectivity index (χ1v) is 6.70. The number of likely N-dealkylation sites (tertiary alicyclic amines) is 1. The summed E-state index contributed by atoms with van der Waals surface area (Å²) in [7, 11) is 0. The zero-order valence-corrected chi connectivity index (χ0v) is 12.6. The molecule has 1 fully saturated rings. The summed E-state index contributed by atoms with van der Waals surface area (Å²) in [6.45, 7) is 5.37. The highest BCUT2D eigenvalue weighted by atomic mass is 16.6. The lowest BCUT2D eigenvalue weighted by Gasteiger charge is -2.31. The third-order valence-electron chi connectivity index (χ3n) is 3.10. The molecule has 8 nitrogen and oxygen atoms in total. The normalized spacial score (nSPS) is 29.4. The molecule has 0 bridgehead atoms. The number of rotatable bonds is 3. The molecule has 1 aliphatic rings. The van der Waals surface area contributed by atoms with Gasteiger partial charge in [0.2, 0.25) is 0 Å². The number of hydrogen-bond acceptors (Lipinski definition) is 7. The number of carbonyl (C=O) groups excluding carboxylic acids is 2. The van der Waals surface area contributed by atoms with Gasteiger partial charge in [0.05, 0.1) is 18.7 Å². The minimum atomic E-state index is -1.34. The molecule has 4 atom stereocenters. The van der Waals surface area contributed by atoms with Gasteiger partial charge in [-0.15, -0.1) is 0 Å². The number of aliphatic hydroxyl groups excluding tert-OH is 3. The van der Waals surface area contributed by atoms with Crippen LogP contribution in [0.5, 0.6) is 0 Å². The first-order valence-electron chi connectivity index (χ1n) is 6.70. The SMILES string of the molecule is CC(=O)OC[C@H]1[C@H](O)[C@H](O)[C@@H](CO)N1C(=O)OC(C)(C)C. The monoisotopic (exact) mass is 305 g/mol. The van der Waals surface area contributed by atoms with Gasteiger partial charge in [-0.25, -0.2) is 4.79 Å². The van der Waals surface area contributed by atoms with Crippen LogP contribution in [0.15, 0.2) is 0 Å². The number of aliphatic hydroxyl groups is 3. The largest absolute Gasteiger partial charge is 0.464 e. The van der Waals surface area contributed by atoms with E-state index in [1.165, 1.54) is 6.92 Å². The Morgan fingerprint density at radius 1 is 1.14 bits per heavy atom. The van der Waals surface area contributed by atoms with Crippen LogP contribution >= 0.6 is 0 Å². The zero-order chi connectivity index (χ0) is 16.4. The van der Waals surface area contributed by atoms with Crippen molar-refractivity contribution in [3.8, 4) is 0 Å². The van der Waals surface area contributed by atoms with Gasteiger partial charge in [0.15, 0.2) is 0 Å². The number of esters is 1. The highest BCUT2D eigenvalue weighted by Gasteiger charge is 2.51. The van der Waals surface area contributed by atoms with Crippen molar-refractivity contribution in [3.05, 3.63) is 0 Å². The van der Waals surface area contributed by atoms with Gasteiger partial charge < -0.3 is 24.8 Å². The van der Waals surface area contributed by atoms with Crippen molar-refractivity contribution in [1.29, 1.82) is 0 Å². The minimum Gasteiger partial charge on any atom is -0.464 e. The van der Waals surface area contributed by atoms with Crippen LogP contribution in [-0.4, -0.2) is 75.4 Å². The van der Waals surface area contributed by atoms with Crippen LogP contribution < -0.4 is 0 Å². The summed E-state index contributed by atoms with van der Waals surface area (Å²) in [5.74, 6) is -0.576. The lowest BCUT2D eigenvalue weighted by Crippen LogP contribution is -2.49. The minimum absolute atomic E-state index is 0.288. The van der Waals surface area contributed by atoms with Crippen molar-refractivity contribution < 1.29 is 34.4 Å². The molecule has 3 N–H and O–H groups in total. The summed E-state index contributed by atoms with van der Waals surface area (Å²) in [5, 5.41) is 29.2. The quantitative estimate of drug-likeness (QED) is 0.587. The van der Waals surface area contributed by atoms with E-state index in [1.54, 1.807) is 20.8 Å². The Balaban J connectivity index is 2.95. The van der Waals surface area contributed by atoms with E-state index in [0.29, 0.717) is 0 Å². The van der Waals surface area contributed by atoms with Crippen LogP contribution in [0, 0.1) is 0 Å². The Kier molecular flexibility index (Phi) is 5.54. The smallest absolute Gasteiger partial charge is 0.411 e. The van der Waals surface area contributed by atoms with E-state index >= 15 is 0 Å². The maximum absolute atomic E-state index is 12.2. The summed E-state index contributed by atoms with van der Waals surface area (Å²) in [5.41, 5.74) is -0.776. The Hall–Kier alpha value is -1.38. The fraction of sp³-hybridized carbons (Fsp3) is 0.846. The van der Waals surface area contributed by atoms with E-state index < -0.39 is 48.6 Å². The molecule has 1 amide bonds.